The summed E-state index contributed by atoms with van der Waals surface area (Å²) in [7, 11) is 1.64. The monoisotopic (exact) mass is 518 g/mol. The summed E-state index contributed by atoms with van der Waals surface area (Å²) in [5.41, 5.74) is 2.28. The lowest BCUT2D eigenvalue weighted by Crippen LogP contribution is -2.49. The number of ether oxygens (including phenoxy) is 1. The number of methoxy groups -OCH3 is 1. The molecular formula is C26H23ClN6O2S. The lowest BCUT2D eigenvalue weighted by Gasteiger charge is -2.35. The summed E-state index contributed by atoms with van der Waals surface area (Å²) in [5.74, 6) is 2.23. The molecule has 4 heterocycles. The molecule has 1 aliphatic heterocycles. The van der Waals surface area contributed by atoms with E-state index < -0.39 is 0 Å². The van der Waals surface area contributed by atoms with Gasteiger partial charge in [-0.05, 0) is 41.8 Å². The molecule has 2 aromatic carbocycles. The van der Waals surface area contributed by atoms with E-state index in [0.29, 0.717) is 54.8 Å². The number of hydrogen-bond acceptors (Lipinski definition) is 7. The summed E-state index contributed by atoms with van der Waals surface area (Å²) >= 11 is 7.92. The average Bonchev–Trinajstić information content (AvgIpc) is 3.58. The Kier molecular flexibility index (Phi) is 5.94. The lowest BCUT2D eigenvalue weighted by atomic mass is 10.2. The number of carbonyl (C=O) groups excluding carboxylic acids is 1. The van der Waals surface area contributed by atoms with E-state index >= 15 is 0 Å². The Morgan fingerprint density at radius 1 is 1.06 bits per heavy atom. The van der Waals surface area contributed by atoms with E-state index in [1.54, 1.807) is 18.4 Å². The van der Waals surface area contributed by atoms with Crippen molar-refractivity contribution in [1.82, 2.24) is 24.5 Å². The van der Waals surface area contributed by atoms with Crippen LogP contribution in [0, 0.1) is 0 Å². The first-order valence-electron chi connectivity index (χ1n) is 11.7. The number of thiophene rings is 1. The predicted molar refractivity (Wildman–Crippen MR) is 142 cm³/mol. The van der Waals surface area contributed by atoms with Crippen LogP contribution in [0.25, 0.3) is 27.9 Å². The van der Waals surface area contributed by atoms with E-state index in [-0.39, 0.29) is 5.91 Å². The van der Waals surface area contributed by atoms with Crippen molar-refractivity contribution >= 4 is 51.3 Å². The van der Waals surface area contributed by atoms with Gasteiger partial charge in [-0.25, -0.2) is 9.38 Å². The third kappa shape index (κ3) is 4.04. The van der Waals surface area contributed by atoms with Crippen molar-refractivity contribution in [3.63, 3.8) is 0 Å². The number of aromatic nitrogens is 4. The predicted octanol–water partition coefficient (Wildman–Crippen LogP) is 4.56. The van der Waals surface area contributed by atoms with Crippen molar-refractivity contribution in [2.24, 2.45) is 0 Å². The first kappa shape index (κ1) is 22.8. The second-order valence-electron chi connectivity index (χ2n) is 8.58. The molecule has 6 rings (SSSR count). The van der Waals surface area contributed by atoms with Gasteiger partial charge in [0.25, 0.3) is 0 Å². The Bertz CT molecular complexity index is 1560. The maximum atomic E-state index is 12.8. The van der Waals surface area contributed by atoms with Gasteiger partial charge in [0, 0.05) is 41.5 Å². The summed E-state index contributed by atoms with van der Waals surface area (Å²) < 4.78 is 7.60. The van der Waals surface area contributed by atoms with Crippen LogP contribution in [0.15, 0.2) is 60.0 Å². The molecule has 5 aromatic rings. The summed E-state index contributed by atoms with van der Waals surface area (Å²) in [4.78, 5) is 23.1. The number of amides is 1. The number of benzene rings is 2. The zero-order valence-electron chi connectivity index (χ0n) is 19.6. The van der Waals surface area contributed by atoms with Gasteiger partial charge in [0.1, 0.15) is 5.75 Å². The zero-order chi connectivity index (χ0) is 24.6. The van der Waals surface area contributed by atoms with Crippen LogP contribution in [0.2, 0.25) is 5.02 Å². The molecular weight excluding hydrogens is 496 g/mol. The number of halogens is 1. The highest BCUT2D eigenvalue weighted by Crippen LogP contribution is 2.33. The minimum Gasteiger partial charge on any atom is -0.496 e. The first-order valence-corrected chi connectivity index (χ1v) is 12.9. The van der Waals surface area contributed by atoms with E-state index in [0.717, 1.165) is 27.3 Å². The molecule has 182 valence electrons. The van der Waals surface area contributed by atoms with E-state index in [9.17, 15) is 4.79 Å². The number of piperazine rings is 1. The lowest BCUT2D eigenvalue weighted by molar-refractivity contribution is -0.130. The van der Waals surface area contributed by atoms with Gasteiger partial charge < -0.3 is 14.5 Å². The molecule has 0 unspecified atom stereocenters. The summed E-state index contributed by atoms with van der Waals surface area (Å²) in [5, 5.41) is 12.6. The van der Waals surface area contributed by atoms with Crippen LogP contribution in [0.1, 0.15) is 4.88 Å². The SMILES string of the molecule is COc1ccccc1-c1nnc2c3ccc(Cl)cc3nc(N3CCN(C(=O)Cc4cccs4)CC3)n12. The van der Waals surface area contributed by atoms with Crippen LogP contribution < -0.4 is 9.64 Å². The van der Waals surface area contributed by atoms with Crippen molar-refractivity contribution in [2.75, 3.05) is 38.2 Å². The van der Waals surface area contributed by atoms with Gasteiger partial charge in [-0.2, -0.15) is 0 Å². The molecule has 1 saturated heterocycles. The second-order valence-corrected chi connectivity index (χ2v) is 10.0. The Morgan fingerprint density at radius 3 is 2.67 bits per heavy atom. The van der Waals surface area contributed by atoms with Crippen LogP contribution in [-0.2, 0) is 11.2 Å². The molecule has 0 bridgehead atoms. The van der Waals surface area contributed by atoms with Gasteiger partial charge in [0.05, 0.1) is 24.6 Å². The van der Waals surface area contributed by atoms with Gasteiger partial charge in [-0.1, -0.05) is 29.8 Å². The van der Waals surface area contributed by atoms with Gasteiger partial charge >= 0.3 is 0 Å². The fourth-order valence-corrected chi connectivity index (χ4v) is 5.50. The molecule has 10 heteroatoms. The number of nitrogens with zero attached hydrogens (tertiary/aromatic N) is 6. The maximum absolute atomic E-state index is 12.8. The number of hydrogen-bond donors (Lipinski definition) is 0. The molecule has 8 nitrogen and oxygen atoms in total. The quantitative estimate of drug-likeness (QED) is 0.339. The molecule has 0 spiro atoms. The maximum Gasteiger partial charge on any atom is 0.227 e. The Labute approximate surface area is 216 Å². The molecule has 0 N–H and O–H groups in total. The minimum absolute atomic E-state index is 0.152. The molecule has 0 radical (unpaired) electrons. The molecule has 3 aromatic heterocycles. The molecule has 1 fully saturated rings. The topological polar surface area (TPSA) is 75.9 Å². The number of anilines is 1. The highest BCUT2D eigenvalue weighted by Gasteiger charge is 2.27. The van der Waals surface area contributed by atoms with E-state index in [1.807, 2.05) is 69.3 Å². The van der Waals surface area contributed by atoms with Gasteiger partial charge in [-0.3, -0.25) is 4.79 Å². The Hall–Kier alpha value is -3.69. The van der Waals surface area contributed by atoms with Crippen molar-refractivity contribution in [3.8, 4) is 17.1 Å². The molecule has 1 amide bonds. The third-order valence-electron chi connectivity index (χ3n) is 6.45. The minimum atomic E-state index is 0.152. The molecule has 0 saturated carbocycles. The molecule has 1 aliphatic rings. The highest BCUT2D eigenvalue weighted by atomic mass is 35.5. The zero-order valence-corrected chi connectivity index (χ0v) is 21.2. The number of rotatable bonds is 5. The van der Waals surface area contributed by atoms with Crippen LogP contribution in [0.5, 0.6) is 5.75 Å². The highest BCUT2D eigenvalue weighted by molar-refractivity contribution is 7.10. The standard InChI is InChI=1S/C26H23ClN6O2S/c1-35-22-7-3-2-6-20(22)25-30-29-24-19-9-8-17(27)15-21(19)28-26(33(24)25)32-12-10-31(11-13-32)23(34)16-18-5-4-14-36-18/h2-9,14-15H,10-13,16H2,1H3. The Morgan fingerprint density at radius 2 is 1.89 bits per heavy atom. The summed E-state index contributed by atoms with van der Waals surface area (Å²) in [6.07, 6.45) is 0.442. The smallest absolute Gasteiger partial charge is 0.227 e. The average molecular weight is 519 g/mol. The van der Waals surface area contributed by atoms with Crippen molar-refractivity contribution in [1.29, 1.82) is 0 Å². The molecule has 36 heavy (non-hydrogen) atoms. The van der Waals surface area contributed by atoms with E-state index in [4.69, 9.17) is 21.3 Å². The van der Waals surface area contributed by atoms with Crippen LogP contribution in [-0.4, -0.2) is 63.7 Å². The fraction of sp³-hybridized carbons (Fsp3) is 0.231. The number of fused-ring (bicyclic) bond motifs is 3. The van der Waals surface area contributed by atoms with Crippen LogP contribution >= 0.6 is 22.9 Å². The van der Waals surface area contributed by atoms with Gasteiger partial charge in [0.15, 0.2) is 11.5 Å². The molecule has 0 aliphatic carbocycles. The van der Waals surface area contributed by atoms with Crippen molar-refractivity contribution in [2.45, 2.75) is 6.42 Å². The molecule has 0 atom stereocenters. The fourth-order valence-electron chi connectivity index (χ4n) is 4.64. The summed E-state index contributed by atoms with van der Waals surface area (Å²) in [6.45, 7) is 2.53. The number of carbonyl (C=O) groups is 1. The van der Waals surface area contributed by atoms with E-state index in [1.165, 1.54) is 0 Å². The van der Waals surface area contributed by atoms with Crippen molar-refractivity contribution < 1.29 is 9.53 Å². The van der Waals surface area contributed by atoms with Crippen molar-refractivity contribution in [3.05, 3.63) is 69.9 Å². The normalized spacial score (nSPS) is 14.1. The summed E-state index contributed by atoms with van der Waals surface area (Å²) in [6, 6.07) is 17.3. The van der Waals surface area contributed by atoms with Gasteiger partial charge in [-0.15, -0.1) is 21.5 Å². The van der Waals surface area contributed by atoms with Crippen LogP contribution in [0.3, 0.4) is 0 Å². The Balaban J connectivity index is 1.40. The second kappa shape index (κ2) is 9.40. The van der Waals surface area contributed by atoms with Crippen LogP contribution in [0.4, 0.5) is 5.95 Å². The van der Waals surface area contributed by atoms with Gasteiger partial charge in [0.2, 0.25) is 11.9 Å². The van der Waals surface area contributed by atoms with E-state index in [2.05, 4.69) is 15.1 Å². The number of para-hydroxylation sites is 1. The largest absolute Gasteiger partial charge is 0.496 e. The third-order valence-corrected chi connectivity index (χ3v) is 7.56. The first-order chi connectivity index (χ1) is 17.6.